The van der Waals surface area contributed by atoms with Crippen LogP contribution in [0.5, 0.6) is 0 Å². The van der Waals surface area contributed by atoms with E-state index in [1.807, 2.05) is 0 Å². The van der Waals surface area contributed by atoms with Gasteiger partial charge < -0.3 is 10.8 Å². The van der Waals surface area contributed by atoms with Crippen molar-refractivity contribution in [3.05, 3.63) is 69.3 Å². The van der Waals surface area contributed by atoms with Crippen molar-refractivity contribution in [1.29, 1.82) is 0 Å². The molecule has 0 radical (unpaired) electrons. The highest BCUT2D eigenvalue weighted by Crippen LogP contribution is 2.23. The molecule has 0 spiro atoms. The van der Waals surface area contributed by atoms with E-state index in [4.69, 9.17) is 5.73 Å². The summed E-state index contributed by atoms with van der Waals surface area (Å²) in [6.45, 7) is 1.32. The minimum Gasteiger partial charge on any atom is -0.477 e. The minimum atomic E-state index is -1.44. The number of aromatic nitrogens is 1. The molecule has 1 aromatic heterocycles. The van der Waals surface area contributed by atoms with Gasteiger partial charge in [0.1, 0.15) is 11.4 Å². The molecule has 0 saturated carbocycles. The summed E-state index contributed by atoms with van der Waals surface area (Å²) in [6, 6.07) is 4.76. The van der Waals surface area contributed by atoms with E-state index in [0.717, 1.165) is 11.2 Å². The normalized spacial score (nSPS) is 15.0. The Kier molecular flexibility index (Phi) is 3.59. The van der Waals surface area contributed by atoms with Crippen LogP contribution in [-0.2, 0) is 0 Å². The van der Waals surface area contributed by atoms with Gasteiger partial charge in [-0.15, -0.1) is 0 Å². The Hall–Kier alpha value is -3.16. The van der Waals surface area contributed by atoms with E-state index in [0.29, 0.717) is 17.2 Å². The summed E-state index contributed by atoms with van der Waals surface area (Å²) in [4.78, 5) is 23.7. The van der Waals surface area contributed by atoms with Crippen LogP contribution in [-0.4, -0.2) is 22.3 Å². The lowest BCUT2D eigenvalue weighted by Crippen LogP contribution is -2.42. The smallest absolute Gasteiger partial charge is 0.341 e. The van der Waals surface area contributed by atoms with Crippen molar-refractivity contribution >= 4 is 16.9 Å². The number of pyridine rings is 1. The number of halogens is 2. The second kappa shape index (κ2) is 5.48. The predicted molar refractivity (Wildman–Crippen MR) is 84.5 cm³/mol. The van der Waals surface area contributed by atoms with Gasteiger partial charge in [0.25, 0.3) is 0 Å². The number of nitrogens with two attached hydrogens (primary N) is 1. The van der Waals surface area contributed by atoms with Gasteiger partial charge in [0, 0.05) is 17.7 Å². The third-order valence-corrected chi connectivity index (χ3v) is 3.80. The number of hydrogen-bond acceptors (Lipinski definition) is 4. The third-order valence-electron chi connectivity index (χ3n) is 3.80. The highest BCUT2D eigenvalue weighted by Gasteiger charge is 2.24. The van der Waals surface area contributed by atoms with Gasteiger partial charge in [-0.05, 0) is 18.6 Å². The quantitative estimate of drug-likeness (QED) is 0.876. The summed E-state index contributed by atoms with van der Waals surface area (Å²) in [5, 5.41) is 10.4. The van der Waals surface area contributed by atoms with Crippen molar-refractivity contribution in [2.45, 2.75) is 6.92 Å². The monoisotopic (exact) mass is 333 g/mol. The standard InChI is InChI=1S/C16H13F2N3O3/c1-8-3-2-4-10-13(8)20(7-11(14(10)22)16(23)24)21-6-9(17)5-12(18)15(21)19/h2-5,7H,6,19H2,1H3,(H,23,24). The number of hydrogen-bond donors (Lipinski definition) is 2. The van der Waals surface area contributed by atoms with E-state index < -0.39 is 28.6 Å². The molecule has 0 amide bonds. The van der Waals surface area contributed by atoms with Gasteiger partial charge in [0.2, 0.25) is 5.43 Å². The van der Waals surface area contributed by atoms with Crippen molar-refractivity contribution in [2.24, 2.45) is 5.73 Å². The second-order valence-corrected chi connectivity index (χ2v) is 5.37. The Labute approximate surface area is 134 Å². The molecule has 2 heterocycles. The Morgan fingerprint density at radius 2 is 2.04 bits per heavy atom. The zero-order valence-electron chi connectivity index (χ0n) is 12.6. The van der Waals surface area contributed by atoms with Gasteiger partial charge in [0.05, 0.1) is 12.1 Å². The number of fused-ring (bicyclic) bond motifs is 1. The number of carboxylic acids is 1. The van der Waals surface area contributed by atoms with E-state index in [9.17, 15) is 23.5 Å². The Balaban J connectivity index is 2.40. The fraction of sp³-hybridized carbons (Fsp3) is 0.125. The van der Waals surface area contributed by atoms with Crippen LogP contribution in [0.15, 0.2) is 52.7 Å². The largest absolute Gasteiger partial charge is 0.477 e. The average molecular weight is 333 g/mol. The fourth-order valence-corrected chi connectivity index (χ4v) is 2.68. The maximum atomic E-state index is 13.8. The van der Waals surface area contributed by atoms with E-state index in [2.05, 4.69) is 0 Å². The zero-order valence-corrected chi connectivity index (χ0v) is 12.6. The zero-order chi connectivity index (χ0) is 17.6. The number of allylic oxidation sites excluding steroid dienone is 2. The summed E-state index contributed by atoms with van der Waals surface area (Å²) in [6.07, 6.45) is 1.69. The van der Waals surface area contributed by atoms with Crippen molar-refractivity contribution in [3.8, 4) is 0 Å². The Morgan fingerprint density at radius 3 is 2.71 bits per heavy atom. The first kappa shape index (κ1) is 15.7. The number of para-hydroxylation sites is 1. The van der Waals surface area contributed by atoms with Gasteiger partial charge >= 0.3 is 5.97 Å². The molecule has 0 unspecified atom stereocenters. The molecular formula is C16H13F2N3O3. The summed E-state index contributed by atoms with van der Waals surface area (Å²) in [5.41, 5.74) is 5.47. The van der Waals surface area contributed by atoms with E-state index in [1.165, 1.54) is 10.7 Å². The van der Waals surface area contributed by atoms with Crippen molar-refractivity contribution in [1.82, 2.24) is 4.68 Å². The number of carboxylic acid groups (broad SMARTS) is 1. The summed E-state index contributed by atoms with van der Waals surface area (Å²) in [7, 11) is 0. The number of benzene rings is 1. The molecule has 3 rings (SSSR count). The van der Waals surface area contributed by atoms with Crippen LogP contribution < -0.4 is 16.2 Å². The van der Waals surface area contributed by atoms with E-state index in [-0.39, 0.29) is 17.8 Å². The maximum Gasteiger partial charge on any atom is 0.341 e. The Bertz CT molecular complexity index is 992. The summed E-state index contributed by atoms with van der Waals surface area (Å²) < 4.78 is 28.7. The molecule has 24 heavy (non-hydrogen) atoms. The molecule has 0 saturated heterocycles. The van der Waals surface area contributed by atoms with Crippen LogP contribution in [0.1, 0.15) is 15.9 Å². The highest BCUT2D eigenvalue weighted by atomic mass is 19.1. The molecule has 0 aliphatic carbocycles. The molecule has 6 nitrogen and oxygen atoms in total. The maximum absolute atomic E-state index is 13.8. The van der Waals surface area contributed by atoms with Crippen molar-refractivity contribution < 1.29 is 18.7 Å². The number of carbonyl (C=O) groups is 1. The van der Waals surface area contributed by atoms with Crippen LogP contribution in [0.4, 0.5) is 8.78 Å². The molecule has 0 atom stereocenters. The first-order valence-electron chi connectivity index (χ1n) is 6.98. The topological polar surface area (TPSA) is 88.6 Å². The van der Waals surface area contributed by atoms with Gasteiger partial charge in [0.15, 0.2) is 11.6 Å². The third kappa shape index (κ3) is 2.32. The van der Waals surface area contributed by atoms with Crippen LogP contribution in [0.3, 0.4) is 0 Å². The minimum absolute atomic E-state index is 0.123. The molecule has 0 fully saturated rings. The number of aryl methyl sites for hydroxylation is 1. The number of nitrogens with zero attached hydrogens (tertiary/aromatic N) is 2. The molecule has 0 bridgehead atoms. The molecule has 2 aromatic rings. The van der Waals surface area contributed by atoms with Gasteiger partial charge in [-0.2, -0.15) is 0 Å². The SMILES string of the molecule is Cc1cccc2c(=O)c(C(=O)O)cn(N3CC(F)=CC(F)=C3N)c12. The van der Waals surface area contributed by atoms with Crippen molar-refractivity contribution in [3.63, 3.8) is 0 Å². The van der Waals surface area contributed by atoms with Crippen LogP contribution in [0.2, 0.25) is 0 Å². The molecular weight excluding hydrogens is 320 g/mol. The lowest BCUT2D eigenvalue weighted by molar-refractivity contribution is 0.0695. The molecule has 1 aromatic carbocycles. The first-order valence-corrected chi connectivity index (χ1v) is 6.98. The first-order chi connectivity index (χ1) is 11.3. The number of aromatic carboxylic acids is 1. The van der Waals surface area contributed by atoms with Crippen LogP contribution >= 0.6 is 0 Å². The molecule has 1 aliphatic heterocycles. The van der Waals surface area contributed by atoms with Crippen LogP contribution in [0, 0.1) is 6.92 Å². The molecule has 3 N–H and O–H groups in total. The van der Waals surface area contributed by atoms with Gasteiger partial charge in [-0.3, -0.25) is 14.5 Å². The van der Waals surface area contributed by atoms with E-state index in [1.54, 1.807) is 19.1 Å². The molecule has 1 aliphatic rings. The predicted octanol–water partition coefficient (Wildman–Crippen LogP) is 1.91. The lowest BCUT2D eigenvalue weighted by Gasteiger charge is -2.31. The fourth-order valence-electron chi connectivity index (χ4n) is 2.68. The van der Waals surface area contributed by atoms with Crippen molar-refractivity contribution in [2.75, 3.05) is 11.6 Å². The Morgan fingerprint density at radius 1 is 1.33 bits per heavy atom. The molecule has 8 heteroatoms. The van der Waals surface area contributed by atoms with E-state index >= 15 is 0 Å². The molecule has 124 valence electrons. The van der Waals surface area contributed by atoms with Gasteiger partial charge in [-0.25, -0.2) is 13.6 Å². The summed E-state index contributed by atoms with van der Waals surface area (Å²) >= 11 is 0. The van der Waals surface area contributed by atoms with Gasteiger partial charge in [-0.1, -0.05) is 12.1 Å². The highest BCUT2D eigenvalue weighted by molar-refractivity contribution is 5.93. The van der Waals surface area contributed by atoms with Crippen LogP contribution in [0.25, 0.3) is 10.9 Å². The summed E-state index contributed by atoms with van der Waals surface area (Å²) in [5.74, 6) is -3.57. The lowest BCUT2D eigenvalue weighted by atomic mass is 10.1. The second-order valence-electron chi connectivity index (χ2n) is 5.37. The average Bonchev–Trinajstić information content (AvgIpc) is 2.52. The number of rotatable bonds is 2.